The van der Waals surface area contributed by atoms with Gasteiger partial charge in [-0.1, -0.05) is 20.8 Å². The molecule has 4 nitrogen and oxygen atoms in total. The zero-order valence-corrected chi connectivity index (χ0v) is 11.5. The largest absolute Gasteiger partial charge is 0.321 e. The number of hydrogen-bond donors (Lipinski definition) is 0. The Morgan fingerprint density at radius 3 is 2.63 bits per heavy atom. The van der Waals surface area contributed by atoms with Crippen molar-refractivity contribution in [2.45, 2.75) is 39.7 Å². The van der Waals surface area contributed by atoms with Crippen LogP contribution in [0, 0.1) is 15.9 Å². The molecule has 0 saturated carbocycles. The van der Waals surface area contributed by atoms with Crippen molar-refractivity contribution in [3.05, 3.63) is 52.1 Å². The Balaban J connectivity index is 0.000000861. The Hall–Kier alpha value is -1.91. The molecule has 19 heavy (non-hydrogen) atoms. The maximum Gasteiger partial charge on any atom is 0.216 e. The minimum atomic E-state index is -0.578. The van der Waals surface area contributed by atoms with Gasteiger partial charge in [0.1, 0.15) is 5.82 Å². The van der Waals surface area contributed by atoms with Crippen molar-refractivity contribution in [2.75, 3.05) is 0 Å². The first-order valence-corrected chi connectivity index (χ1v) is 6.50. The van der Waals surface area contributed by atoms with E-state index in [1.54, 1.807) is 29.7 Å². The van der Waals surface area contributed by atoms with E-state index in [0.29, 0.717) is 12.8 Å². The molecular weight excluding hydrogens is 247 g/mol. The van der Waals surface area contributed by atoms with E-state index in [1.165, 1.54) is 12.3 Å². The second-order valence-corrected chi connectivity index (χ2v) is 4.03. The van der Waals surface area contributed by atoms with Crippen LogP contribution in [0.1, 0.15) is 32.8 Å². The lowest BCUT2D eigenvalue weighted by molar-refractivity contribution is -0.522. The third-order valence-corrected chi connectivity index (χ3v) is 2.93. The molecule has 1 atom stereocenters. The minimum absolute atomic E-state index is 0.257. The number of aromatic nitrogens is 1. The Morgan fingerprint density at radius 2 is 2.05 bits per heavy atom. The van der Waals surface area contributed by atoms with E-state index in [9.17, 15) is 14.5 Å². The molecule has 0 bridgehead atoms. The first-order chi connectivity index (χ1) is 9.11. The molecule has 0 N–H and O–H groups in total. The molecule has 2 aromatic heterocycles. The molecule has 0 saturated heterocycles. The normalized spacial score (nSPS) is 11.8. The first kappa shape index (κ1) is 15.1. The molecule has 0 aromatic carbocycles. The van der Waals surface area contributed by atoms with Crippen LogP contribution < -0.4 is 0 Å². The van der Waals surface area contributed by atoms with Crippen molar-refractivity contribution >= 4 is 5.52 Å². The molecule has 0 fully saturated rings. The van der Waals surface area contributed by atoms with Crippen LogP contribution in [0.5, 0.6) is 0 Å². The van der Waals surface area contributed by atoms with Crippen LogP contribution >= 0.6 is 0 Å². The van der Waals surface area contributed by atoms with Gasteiger partial charge in [-0.05, 0) is 23.8 Å². The maximum absolute atomic E-state index is 13.0. The van der Waals surface area contributed by atoms with Gasteiger partial charge in [0.25, 0.3) is 0 Å². The summed E-state index contributed by atoms with van der Waals surface area (Å²) in [6.07, 6.45) is 3.96. The van der Waals surface area contributed by atoms with Gasteiger partial charge in [0.05, 0.1) is 0 Å². The van der Waals surface area contributed by atoms with Crippen molar-refractivity contribution in [2.24, 2.45) is 0 Å². The van der Waals surface area contributed by atoms with Crippen LogP contribution in [0.25, 0.3) is 5.52 Å². The van der Waals surface area contributed by atoms with Gasteiger partial charge >= 0.3 is 0 Å². The van der Waals surface area contributed by atoms with Gasteiger partial charge in [-0.3, -0.25) is 10.1 Å². The molecule has 2 heterocycles. The third-order valence-electron chi connectivity index (χ3n) is 2.93. The molecule has 0 aliphatic rings. The number of fused-ring (bicyclic) bond motifs is 1. The predicted molar refractivity (Wildman–Crippen MR) is 73.5 cm³/mol. The third kappa shape index (κ3) is 3.53. The lowest BCUT2D eigenvalue weighted by Crippen LogP contribution is -2.20. The summed E-state index contributed by atoms with van der Waals surface area (Å²) in [5.41, 5.74) is 1.71. The topological polar surface area (TPSA) is 47.5 Å². The fraction of sp³-hybridized carbons (Fsp3) is 0.429. The molecule has 5 heteroatoms. The van der Waals surface area contributed by atoms with Crippen molar-refractivity contribution in [3.8, 4) is 0 Å². The SMILES string of the molecule is CC.CCC(Cc1ccn2cc(F)ccc12)[N+](=O)[O-]. The highest BCUT2D eigenvalue weighted by molar-refractivity contribution is 5.55. The van der Waals surface area contributed by atoms with Gasteiger partial charge < -0.3 is 4.40 Å². The number of nitro groups is 1. The van der Waals surface area contributed by atoms with Crippen LogP contribution in [-0.4, -0.2) is 15.4 Å². The van der Waals surface area contributed by atoms with Crippen LogP contribution in [0.4, 0.5) is 4.39 Å². The first-order valence-electron chi connectivity index (χ1n) is 6.50. The zero-order chi connectivity index (χ0) is 14.4. The summed E-state index contributed by atoms with van der Waals surface area (Å²) in [7, 11) is 0. The second-order valence-electron chi connectivity index (χ2n) is 4.03. The lowest BCUT2D eigenvalue weighted by Gasteiger charge is -2.06. The monoisotopic (exact) mass is 266 g/mol. The Labute approximate surface area is 112 Å². The molecule has 2 aromatic rings. The molecule has 2 rings (SSSR count). The highest BCUT2D eigenvalue weighted by atomic mass is 19.1. The summed E-state index contributed by atoms with van der Waals surface area (Å²) >= 11 is 0. The molecule has 0 amide bonds. The van der Waals surface area contributed by atoms with Crippen LogP contribution in [0.2, 0.25) is 0 Å². The average Bonchev–Trinajstić information content (AvgIpc) is 2.80. The summed E-state index contributed by atoms with van der Waals surface area (Å²) in [6, 6.07) is 4.25. The van der Waals surface area contributed by atoms with Gasteiger partial charge in [0.2, 0.25) is 6.04 Å². The van der Waals surface area contributed by atoms with E-state index in [2.05, 4.69) is 0 Å². The van der Waals surface area contributed by atoms with Crippen molar-refractivity contribution in [1.29, 1.82) is 0 Å². The van der Waals surface area contributed by atoms with Crippen molar-refractivity contribution < 1.29 is 9.31 Å². The van der Waals surface area contributed by atoms with E-state index in [0.717, 1.165) is 11.1 Å². The number of halogens is 1. The molecule has 104 valence electrons. The fourth-order valence-corrected chi connectivity index (χ4v) is 1.94. The number of rotatable bonds is 4. The molecule has 0 spiro atoms. The maximum atomic E-state index is 13.0. The predicted octanol–water partition coefficient (Wildman–Crippen LogP) is 3.70. The Kier molecular flexibility index (Phi) is 5.48. The molecule has 0 aliphatic heterocycles. The smallest absolute Gasteiger partial charge is 0.216 e. The zero-order valence-electron chi connectivity index (χ0n) is 11.5. The van der Waals surface area contributed by atoms with E-state index < -0.39 is 6.04 Å². The quantitative estimate of drug-likeness (QED) is 0.625. The summed E-state index contributed by atoms with van der Waals surface area (Å²) in [5, 5.41) is 10.8. The lowest BCUT2D eigenvalue weighted by atomic mass is 10.1. The van der Waals surface area contributed by atoms with Crippen LogP contribution in [0.3, 0.4) is 0 Å². The van der Waals surface area contributed by atoms with Gasteiger partial charge in [-0.2, -0.15) is 0 Å². The van der Waals surface area contributed by atoms with E-state index >= 15 is 0 Å². The van der Waals surface area contributed by atoms with E-state index in [1.807, 2.05) is 13.8 Å². The van der Waals surface area contributed by atoms with Crippen molar-refractivity contribution in [1.82, 2.24) is 4.40 Å². The molecule has 1 unspecified atom stereocenters. The summed E-state index contributed by atoms with van der Waals surface area (Å²) < 4.78 is 14.6. The Bertz CT molecular complexity index is 551. The number of nitrogens with zero attached hydrogens (tertiary/aromatic N) is 2. The van der Waals surface area contributed by atoms with Crippen molar-refractivity contribution in [3.63, 3.8) is 0 Å². The van der Waals surface area contributed by atoms with Gasteiger partial charge in [0, 0.05) is 35.7 Å². The molecular formula is C14H19FN2O2. The minimum Gasteiger partial charge on any atom is -0.321 e. The van der Waals surface area contributed by atoms with Crippen LogP contribution in [0.15, 0.2) is 30.6 Å². The number of pyridine rings is 1. The number of hydrogen-bond acceptors (Lipinski definition) is 2. The summed E-state index contributed by atoms with van der Waals surface area (Å²) in [6.45, 7) is 5.80. The second kappa shape index (κ2) is 6.87. The highest BCUT2D eigenvalue weighted by Gasteiger charge is 2.19. The fourth-order valence-electron chi connectivity index (χ4n) is 1.94. The van der Waals surface area contributed by atoms with Crippen LogP contribution in [-0.2, 0) is 6.42 Å². The molecule has 0 aliphatic carbocycles. The highest BCUT2D eigenvalue weighted by Crippen LogP contribution is 2.17. The van der Waals surface area contributed by atoms with E-state index in [-0.39, 0.29) is 10.7 Å². The van der Waals surface area contributed by atoms with E-state index in [4.69, 9.17) is 0 Å². The summed E-state index contributed by atoms with van der Waals surface area (Å²) in [5.74, 6) is -0.319. The summed E-state index contributed by atoms with van der Waals surface area (Å²) in [4.78, 5) is 10.5. The standard InChI is InChI=1S/C12H13FN2O2.C2H6/c1-2-11(15(16)17)7-9-5-6-14-8-10(13)3-4-12(9)14;1-2/h3-6,8,11H,2,7H2,1H3;1-2H3. The average molecular weight is 266 g/mol. The van der Waals surface area contributed by atoms with Gasteiger partial charge in [0.15, 0.2) is 0 Å². The Morgan fingerprint density at radius 1 is 1.37 bits per heavy atom. The van der Waals surface area contributed by atoms with Gasteiger partial charge in [-0.25, -0.2) is 4.39 Å². The van der Waals surface area contributed by atoms with Gasteiger partial charge in [-0.15, -0.1) is 0 Å². The molecule has 0 radical (unpaired) electrons.